The summed E-state index contributed by atoms with van der Waals surface area (Å²) in [5.74, 6) is 0.806. The molecule has 0 aliphatic heterocycles. The van der Waals surface area contributed by atoms with Crippen molar-refractivity contribution in [1.29, 1.82) is 0 Å². The molecule has 0 radical (unpaired) electrons. The highest BCUT2D eigenvalue weighted by molar-refractivity contribution is 5.96. The normalized spacial score (nSPS) is 10.3. The van der Waals surface area contributed by atoms with Crippen molar-refractivity contribution in [3.63, 3.8) is 0 Å². The minimum atomic E-state index is 0.164. The first-order valence-electron chi connectivity index (χ1n) is 6.80. The Balaban J connectivity index is 2.27. The second-order valence-electron chi connectivity index (χ2n) is 4.55. The van der Waals surface area contributed by atoms with Crippen molar-refractivity contribution >= 4 is 5.78 Å². The summed E-state index contributed by atoms with van der Waals surface area (Å²) >= 11 is 0. The maximum atomic E-state index is 11.9. The van der Waals surface area contributed by atoms with Crippen molar-refractivity contribution in [1.82, 2.24) is 4.98 Å². The van der Waals surface area contributed by atoms with Gasteiger partial charge in [-0.1, -0.05) is 39.0 Å². The van der Waals surface area contributed by atoms with Gasteiger partial charge in [0.15, 0.2) is 5.78 Å². The van der Waals surface area contributed by atoms with Crippen LogP contribution in [0.3, 0.4) is 0 Å². The van der Waals surface area contributed by atoms with Gasteiger partial charge in [0, 0.05) is 18.2 Å². The molecule has 0 atom stereocenters. The number of rotatable bonds is 9. The van der Waals surface area contributed by atoms with Gasteiger partial charge in [-0.05, 0) is 12.5 Å². The lowest BCUT2D eigenvalue weighted by Gasteiger charge is -2.03. The van der Waals surface area contributed by atoms with Gasteiger partial charge in [-0.2, -0.15) is 0 Å². The minimum Gasteiger partial charge on any atom is -0.495 e. The standard InChI is InChI=1S/C15H23NO2/c1-3-4-5-6-7-8-9-15(17)13-10-14(18-2)12-16-11-13/h10-12H,3-9H2,1-2H3. The molecular weight excluding hydrogens is 226 g/mol. The van der Waals surface area contributed by atoms with E-state index >= 15 is 0 Å². The molecule has 0 unspecified atom stereocenters. The van der Waals surface area contributed by atoms with Crippen molar-refractivity contribution in [3.8, 4) is 5.75 Å². The molecule has 0 spiro atoms. The van der Waals surface area contributed by atoms with Gasteiger partial charge in [0.1, 0.15) is 5.75 Å². The van der Waals surface area contributed by atoms with E-state index in [0.29, 0.717) is 17.7 Å². The number of Topliss-reactive ketones (excluding diaryl/α,β-unsaturated/α-hetero) is 1. The van der Waals surface area contributed by atoms with Crippen molar-refractivity contribution < 1.29 is 9.53 Å². The van der Waals surface area contributed by atoms with Gasteiger partial charge in [0.05, 0.1) is 13.3 Å². The number of carbonyl (C=O) groups is 1. The summed E-state index contributed by atoms with van der Waals surface area (Å²) in [6.07, 6.45) is 11.0. The maximum absolute atomic E-state index is 11.9. The van der Waals surface area contributed by atoms with Crippen LogP contribution in [0.1, 0.15) is 62.2 Å². The van der Waals surface area contributed by atoms with Gasteiger partial charge >= 0.3 is 0 Å². The van der Waals surface area contributed by atoms with Gasteiger partial charge in [0.25, 0.3) is 0 Å². The molecule has 0 fully saturated rings. The lowest BCUT2D eigenvalue weighted by atomic mass is 10.0. The molecule has 0 N–H and O–H groups in total. The molecule has 0 saturated carbocycles. The molecule has 0 aromatic carbocycles. The van der Waals surface area contributed by atoms with E-state index in [-0.39, 0.29) is 5.78 Å². The fraction of sp³-hybridized carbons (Fsp3) is 0.600. The number of ether oxygens (including phenoxy) is 1. The van der Waals surface area contributed by atoms with Gasteiger partial charge in [0.2, 0.25) is 0 Å². The first-order valence-corrected chi connectivity index (χ1v) is 6.80. The average Bonchev–Trinajstić information content (AvgIpc) is 2.42. The zero-order chi connectivity index (χ0) is 13.2. The van der Waals surface area contributed by atoms with Crippen LogP contribution in [0.5, 0.6) is 5.75 Å². The first-order chi connectivity index (χ1) is 8.77. The molecule has 0 bridgehead atoms. The molecule has 100 valence electrons. The Labute approximate surface area is 110 Å². The summed E-state index contributed by atoms with van der Waals surface area (Å²) < 4.78 is 5.06. The van der Waals surface area contributed by atoms with E-state index < -0.39 is 0 Å². The Morgan fingerprint density at radius 1 is 1.17 bits per heavy atom. The Morgan fingerprint density at radius 3 is 2.61 bits per heavy atom. The second kappa shape index (κ2) is 8.67. The molecule has 1 heterocycles. The predicted molar refractivity (Wildman–Crippen MR) is 73.1 cm³/mol. The number of methoxy groups -OCH3 is 1. The van der Waals surface area contributed by atoms with Crippen LogP contribution in [0.15, 0.2) is 18.5 Å². The third-order valence-electron chi connectivity index (χ3n) is 3.03. The van der Waals surface area contributed by atoms with E-state index in [2.05, 4.69) is 11.9 Å². The number of aromatic nitrogens is 1. The molecular formula is C15H23NO2. The molecule has 1 aromatic rings. The number of nitrogens with zero attached hydrogens (tertiary/aromatic N) is 1. The highest BCUT2D eigenvalue weighted by Crippen LogP contribution is 2.14. The molecule has 1 rings (SSSR count). The second-order valence-corrected chi connectivity index (χ2v) is 4.55. The zero-order valence-corrected chi connectivity index (χ0v) is 11.4. The molecule has 0 aliphatic carbocycles. The van der Waals surface area contributed by atoms with E-state index in [1.165, 1.54) is 25.7 Å². The third kappa shape index (κ3) is 5.30. The van der Waals surface area contributed by atoms with E-state index in [4.69, 9.17) is 4.74 Å². The number of ketones is 1. The van der Waals surface area contributed by atoms with Crippen LogP contribution < -0.4 is 4.74 Å². The summed E-state index contributed by atoms with van der Waals surface area (Å²) in [7, 11) is 1.58. The fourth-order valence-electron chi connectivity index (χ4n) is 1.89. The molecule has 0 saturated heterocycles. The lowest BCUT2D eigenvalue weighted by Crippen LogP contribution is -2.00. The molecule has 0 amide bonds. The quantitative estimate of drug-likeness (QED) is 0.490. The Morgan fingerprint density at radius 2 is 1.89 bits per heavy atom. The van der Waals surface area contributed by atoms with Crippen molar-refractivity contribution in [2.75, 3.05) is 7.11 Å². The van der Waals surface area contributed by atoms with Crippen LogP contribution in [-0.2, 0) is 0 Å². The van der Waals surface area contributed by atoms with Crippen molar-refractivity contribution in [3.05, 3.63) is 24.0 Å². The smallest absolute Gasteiger partial charge is 0.164 e. The van der Waals surface area contributed by atoms with E-state index in [1.807, 2.05) is 0 Å². The third-order valence-corrected chi connectivity index (χ3v) is 3.03. The molecule has 0 aliphatic rings. The first kappa shape index (κ1) is 14.7. The highest BCUT2D eigenvalue weighted by Gasteiger charge is 2.07. The topological polar surface area (TPSA) is 39.2 Å². The average molecular weight is 249 g/mol. The number of hydrogen-bond acceptors (Lipinski definition) is 3. The van der Waals surface area contributed by atoms with Crippen molar-refractivity contribution in [2.45, 2.75) is 51.9 Å². The maximum Gasteiger partial charge on any atom is 0.164 e. The lowest BCUT2D eigenvalue weighted by molar-refractivity contribution is 0.0978. The van der Waals surface area contributed by atoms with Gasteiger partial charge in [-0.25, -0.2) is 0 Å². The Kier molecular flexibility index (Phi) is 7.07. The molecule has 1 aromatic heterocycles. The molecule has 18 heavy (non-hydrogen) atoms. The minimum absolute atomic E-state index is 0.164. The summed E-state index contributed by atoms with van der Waals surface area (Å²) in [6.45, 7) is 2.21. The van der Waals surface area contributed by atoms with Gasteiger partial charge < -0.3 is 4.74 Å². The molecule has 3 nitrogen and oxygen atoms in total. The summed E-state index contributed by atoms with van der Waals surface area (Å²) in [5.41, 5.74) is 0.655. The summed E-state index contributed by atoms with van der Waals surface area (Å²) in [5, 5.41) is 0. The Bertz CT molecular complexity index is 363. The van der Waals surface area contributed by atoms with E-state index in [0.717, 1.165) is 12.8 Å². The summed E-state index contributed by atoms with van der Waals surface area (Å²) in [6, 6.07) is 1.76. The largest absolute Gasteiger partial charge is 0.495 e. The van der Waals surface area contributed by atoms with E-state index in [9.17, 15) is 4.79 Å². The van der Waals surface area contributed by atoms with Crippen LogP contribution in [0.2, 0.25) is 0 Å². The Hall–Kier alpha value is -1.38. The fourth-order valence-corrected chi connectivity index (χ4v) is 1.89. The monoisotopic (exact) mass is 249 g/mol. The number of carbonyl (C=O) groups excluding carboxylic acids is 1. The highest BCUT2D eigenvalue weighted by atomic mass is 16.5. The number of unbranched alkanes of at least 4 members (excludes halogenated alkanes) is 5. The van der Waals surface area contributed by atoms with Crippen molar-refractivity contribution in [2.24, 2.45) is 0 Å². The predicted octanol–water partition coefficient (Wildman–Crippen LogP) is 4.02. The summed E-state index contributed by atoms with van der Waals surface area (Å²) in [4.78, 5) is 15.9. The van der Waals surface area contributed by atoms with Gasteiger partial charge in [-0.3, -0.25) is 9.78 Å². The number of pyridine rings is 1. The van der Waals surface area contributed by atoms with Crippen LogP contribution >= 0.6 is 0 Å². The SMILES string of the molecule is CCCCCCCCC(=O)c1cncc(OC)c1. The zero-order valence-electron chi connectivity index (χ0n) is 11.4. The van der Waals surface area contributed by atoms with Gasteiger partial charge in [-0.15, -0.1) is 0 Å². The number of hydrogen-bond donors (Lipinski definition) is 0. The van der Waals surface area contributed by atoms with Crippen LogP contribution in [0.25, 0.3) is 0 Å². The molecule has 3 heteroatoms. The van der Waals surface area contributed by atoms with Crippen LogP contribution in [-0.4, -0.2) is 17.9 Å². The van der Waals surface area contributed by atoms with Crippen LogP contribution in [0.4, 0.5) is 0 Å². The van der Waals surface area contributed by atoms with Crippen LogP contribution in [0, 0.1) is 0 Å². The van der Waals surface area contributed by atoms with E-state index in [1.54, 1.807) is 25.6 Å².